The molecule has 0 aliphatic carbocycles. The molecule has 0 saturated carbocycles. The summed E-state index contributed by atoms with van der Waals surface area (Å²) in [6.07, 6.45) is 0.0693. The third kappa shape index (κ3) is 2.84. The molecule has 2 unspecified atom stereocenters. The zero-order valence-corrected chi connectivity index (χ0v) is 10.8. The lowest BCUT2D eigenvalue weighted by Gasteiger charge is -2.29. The van der Waals surface area contributed by atoms with Gasteiger partial charge in [0, 0.05) is 19.1 Å². The Kier molecular flexibility index (Phi) is 3.60. The highest BCUT2D eigenvalue weighted by molar-refractivity contribution is 5.63. The molecule has 3 nitrogen and oxygen atoms in total. The van der Waals surface area contributed by atoms with Crippen molar-refractivity contribution in [2.24, 2.45) is 5.73 Å². The highest BCUT2D eigenvalue weighted by Gasteiger charge is 2.18. The van der Waals surface area contributed by atoms with Gasteiger partial charge in [-0.3, -0.25) is 5.32 Å². The number of nitrogens with two attached hydrogens (primary N) is 1. The van der Waals surface area contributed by atoms with Gasteiger partial charge in [0.25, 0.3) is 0 Å². The normalized spacial score (nSPS) is 23.2. The average Bonchev–Trinajstić information content (AvgIpc) is 2.49. The summed E-state index contributed by atoms with van der Waals surface area (Å²) in [4.78, 5) is 0. The molecule has 1 fully saturated rings. The summed E-state index contributed by atoms with van der Waals surface area (Å²) in [5.41, 5.74) is 9.62. The van der Waals surface area contributed by atoms with Crippen molar-refractivity contribution < 1.29 is 0 Å². The molecule has 1 aliphatic rings. The van der Waals surface area contributed by atoms with Crippen LogP contribution < -0.4 is 16.4 Å². The summed E-state index contributed by atoms with van der Waals surface area (Å²) >= 11 is 0. The van der Waals surface area contributed by atoms with Crippen LogP contribution in [-0.4, -0.2) is 19.3 Å². The van der Waals surface area contributed by atoms with E-state index in [1.807, 2.05) is 6.07 Å². The van der Waals surface area contributed by atoms with Gasteiger partial charge < -0.3 is 11.1 Å². The van der Waals surface area contributed by atoms with E-state index in [1.165, 1.54) is 16.7 Å². The molecule has 3 heteroatoms. The standard InChI is InChI=1S/C16H19N3/c17-16-11-18-15(10-19-16)14-8-6-13(7-9-14)12-4-2-1-3-5-12/h1-9,15-16,18-19H,10-11,17H2. The van der Waals surface area contributed by atoms with Crippen LogP contribution >= 0.6 is 0 Å². The number of hydrogen-bond donors (Lipinski definition) is 3. The largest absolute Gasteiger partial charge is 0.315 e. The van der Waals surface area contributed by atoms with E-state index in [0.29, 0.717) is 6.04 Å². The quantitative estimate of drug-likeness (QED) is 0.766. The third-order valence-electron chi connectivity index (χ3n) is 3.59. The summed E-state index contributed by atoms with van der Waals surface area (Å²) < 4.78 is 0. The van der Waals surface area contributed by atoms with Gasteiger partial charge in [-0.1, -0.05) is 54.6 Å². The Labute approximate surface area is 113 Å². The number of rotatable bonds is 2. The molecule has 0 amide bonds. The number of nitrogens with one attached hydrogen (secondary N) is 2. The molecular weight excluding hydrogens is 234 g/mol. The van der Waals surface area contributed by atoms with Crippen LogP contribution in [0.5, 0.6) is 0 Å². The van der Waals surface area contributed by atoms with Gasteiger partial charge in [-0.15, -0.1) is 0 Å². The van der Waals surface area contributed by atoms with Gasteiger partial charge in [-0.2, -0.15) is 0 Å². The lowest BCUT2D eigenvalue weighted by Crippen LogP contribution is -2.54. The van der Waals surface area contributed by atoms with Crippen molar-refractivity contribution in [3.63, 3.8) is 0 Å². The van der Waals surface area contributed by atoms with Crippen molar-refractivity contribution in [3.05, 3.63) is 60.2 Å². The molecule has 0 bridgehead atoms. The Balaban J connectivity index is 1.76. The summed E-state index contributed by atoms with van der Waals surface area (Å²) in [5.74, 6) is 0. The fourth-order valence-corrected chi connectivity index (χ4v) is 2.46. The minimum atomic E-state index is 0.0693. The molecule has 3 rings (SSSR count). The molecule has 0 aromatic heterocycles. The Bertz CT molecular complexity index is 513. The first kappa shape index (κ1) is 12.4. The third-order valence-corrected chi connectivity index (χ3v) is 3.59. The number of piperazine rings is 1. The van der Waals surface area contributed by atoms with Crippen LogP contribution in [0.1, 0.15) is 11.6 Å². The van der Waals surface area contributed by atoms with Crippen molar-refractivity contribution in [1.82, 2.24) is 10.6 Å². The van der Waals surface area contributed by atoms with Crippen molar-refractivity contribution in [3.8, 4) is 11.1 Å². The second kappa shape index (κ2) is 5.53. The summed E-state index contributed by atoms with van der Waals surface area (Å²) in [6.45, 7) is 1.69. The van der Waals surface area contributed by atoms with E-state index in [1.54, 1.807) is 0 Å². The molecule has 2 aromatic carbocycles. The molecule has 0 spiro atoms. The molecular formula is C16H19N3. The number of hydrogen-bond acceptors (Lipinski definition) is 3. The fourth-order valence-electron chi connectivity index (χ4n) is 2.46. The zero-order valence-electron chi connectivity index (χ0n) is 10.8. The van der Waals surface area contributed by atoms with Crippen LogP contribution in [0.2, 0.25) is 0 Å². The van der Waals surface area contributed by atoms with E-state index in [9.17, 15) is 0 Å². The van der Waals surface area contributed by atoms with E-state index in [0.717, 1.165) is 13.1 Å². The molecule has 98 valence electrons. The van der Waals surface area contributed by atoms with Crippen molar-refractivity contribution in [1.29, 1.82) is 0 Å². The fraction of sp³-hybridized carbons (Fsp3) is 0.250. The van der Waals surface area contributed by atoms with E-state index in [-0.39, 0.29) is 6.17 Å². The van der Waals surface area contributed by atoms with Crippen LogP contribution in [0.4, 0.5) is 0 Å². The Morgan fingerprint density at radius 3 is 2.11 bits per heavy atom. The van der Waals surface area contributed by atoms with Crippen molar-refractivity contribution in [2.75, 3.05) is 13.1 Å². The maximum atomic E-state index is 5.80. The highest BCUT2D eigenvalue weighted by atomic mass is 15.1. The Morgan fingerprint density at radius 1 is 0.789 bits per heavy atom. The molecule has 0 radical (unpaired) electrons. The minimum absolute atomic E-state index is 0.0693. The second-order valence-corrected chi connectivity index (χ2v) is 4.96. The van der Waals surface area contributed by atoms with Crippen LogP contribution in [0.15, 0.2) is 54.6 Å². The number of benzene rings is 2. The maximum absolute atomic E-state index is 5.80. The monoisotopic (exact) mass is 253 g/mol. The van der Waals surface area contributed by atoms with Crippen molar-refractivity contribution in [2.45, 2.75) is 12.2 Å². The first-order chi connectivity index (χ1) is 9.33. The Hall–Kier alpha value is -1.68. The molecule has 2 atom stereocenters. The van der Waals surface area contributed by atoms with Gasteiger partial charge in [0.05, 0.1) is 6.17 Å². The predicted molar refractivity (Wildman–Crippen MR) is 78.6 cm³/mol. The van der Waals surface area contributed by atoms with E-state index >= 15 is 0 Å². The summed E-state index contributed by atoms with van der Waals surface area (Å²) in [6, 6.07) is 19.5. The minimum Gasteiger partial charge on any atom is -0.315 e. The van der Waals surface area contributed by atoms with Crippen LogP contribution in [-0.2, 0) is 0 Å². The van der Waals surface area contributed by atoms with Gasteiger partial charge in [0.15, 0.2) is 0 Å². The van der Waals surface area contributed by atoms with Gasteiger partial charge in [-0.05, 0) is 16.7 Å². The SMILES string of the molecule is NC1CNC(c2ccc(-c3ccccc3)cc2)CN1. The van der Waals surface area contributed by atoms with Gasteiger partial charge in [0.1, 0.15) is 0 Å². The second-order valence-electron chi connectivity index (χ2n) is 4.96. The molecule has 1 aliphatic heterocycles. The molecule has 19 heavy (non-hydrogen) atoms. The maximum Gasteiger partial charge on any atom is 0.0675 e. The molecule has 4 N–H and O–H groups in total. The van der Waals surface area contributed by atoms with Gasteiger partial charge in [-0.25, -0.2) is 0 Å². The predicted octanol–water partition coefficient (Wildman–Crippen LogP) is 1.87. The molecule has 2 aromatic rings. The van der Waals surface area contributed by atoms with Crippen LogP contribution in [0.3, 0.4) is 0 Å². The highest BCUT2D eigenvalue weighted by Crippen LogP contribution is 2.22. The molecule has 1 saturated heterocycles. The van der Waals surface area contributed by atoms with Gasteiger partial charge in [0.2, 0.25) is 0 Å². The first-order valence-electron chi connectivity index (χ1n) is 6.71. The summed E-state index contributed by atoms with van der Waals surface area (Å²) in [7, 11) is 0. The van der Waals surface area contributed by atoms with Gasteiger partial charge >= 0.3 is 0 Å². The van der Waals surface area contributed by atoms with E-state index in [4.69, 9.17) is 5.73 Å². The lowest BCUT2D eigenvalue weighted by atomic mass is 10.00. The lowest BCUT2D eigenvalue weighted by molar-refractivity contribution is 0.357. The molecule has 1 heterocycles. The summed E-state index contributed by atoms with van der Waals surface area (Å²) in [5, 5.41) is 6.75. The van der Waals surface area contributed by atoms with E-state index in [2.05, 4.69) is 59.2 Å². The first-order valence-corrected chi connectivity index (χ1v) is 6.71. The Morgan fingerprint density at radius 2 is 1.47 bits per heavy atom. The average molecular weight is 253 g/mol. The van der Waals surface area contributed by atoms with Crippen LogP contribution in [0.25, 0.3) is 11.1 Å². The van der Waals surface area contributed by atoms with E-state index < -0.39 is 0 Å². The van der Waals surface area contributed by atoms with Crippen LogP contribution in [0, 0.1) is 0 Å². The zero-order chi connectivity index (χ0) is 13.1. The topological polar surface area (TPSA) is 50.1 Å². The van der Waals surface area contributed by atoms with Crippen molar-refractivity contribution >= 4 is 0 Å². The smallest absolute Gasteiger partial charge is 0.0675 e.